The van der Waals surface area contributed by atoms with E-state index >= 15 is 0 Å². The van der Waals surface area contributed by atoms with Gasteiger partial charge < -0.3 is 140 Å². The molecule has 5 rings (SSSR count). The van der Waals surface area contributed by atoms with Gasteiger partial charge in [0.2, 0.25) is 35.4 Å². The standard InChI is InChI=1S/C88H132N9O38P/c1-52(2)97(53(3)4)136(125-30-17-26-89)135-69-24-22-68(23-25-69)67-20-18-66(19-21-67)46-70(85(112)92-29-33-115-36-39-118-42-45-121-88-78(95-56(7)100)84(131-65(16)109)81(128-62(13)106)73(134-88)51-124-59(10)103)96(47-74(110)90-27-31-113-34-37-116-40-43-119-86-76(93-54(5)98)82(129-63(14)107)79(126-60(11)104)71(132-86)49-122-57(8)101)48-75(111)91-28-32-114-35-38-117-41-44-120-87-77(94-55(6)99)83(130-64(15)108)80(127-61(12)105)72(133-87)50-123-58(9)102/h18-25,52-53,70-73,76-84,86-88H,17,27-51H2,1-16H3,(H,90,110)(H,91,111)(H,92,112)(H,93,98)(H,94,99)(H,95,100). The summed E-state index contributed by atoms with van der Waals surface area (Å²) >= 11 is 0. The first-order valence-electron chi connectivity index (χ1n) is 44.3. The van der Waals surface area contributed by atoms with Gasteiger partial charge >= 0.3 is 62.2 Å². The number of amides is 6. The van der Waals surface area contributed by atoms with E-state index in [9.17, 15) is 77.2 Å². The molecule has 17 unspecified atom stereocenters. The SMILES string of the molecule is CC(=O)NC1C(OCCOCCOCCNC(=O)CN(CC(=O)NCCOCCOCCOC2OC(COC(C)=O)C(OC(C)=O)C(OC(C)=O)C2NC(C)=O)C(Cc2ccc(-c3ccc(OP(OCCC#N)N(C(C)C)C(C)C)cc3)cc2)C(=O)NCCOCCOCCOC2OC(COC(C)=O)C(OC(C)=O)C(OC(C)=O)C2NC(C)=O)OC(COC(C)=O)C(OC(C)=O)C1OC(C)=O. The Kier molecular flexibility index (Phi) is 53.9. The monoisotopic (exact) mass is 1950 g/mol. The minimum atomic E-state index is -1.60. The number of esters is 9. The second-order valence-corrected chi connectivity index (χ2v) is 32.8. The van der Waals surface area contributed by atoms with Gasteiger partial charge in [0.25, 0.3) is 0 Å². The number of nitrogens with zero attached hydrogens (tertiary/aromatic N) is 3. The fourth-order valence-corrected chi connectivity index (χ4v) is 15.7. The molecular formula is C88H132N9O38P. The van der Waals surface area contributed by atoms with E-state index in [1.165, 1.54) is 25.7 Å². The van der Waals surface area contributed by atoms with Crippen LogP contribution < -0.4 is 36.4 Å². The van der Waals surface area contributed by atoms with Gasteiger partial charge in [0.15, 0.2) is 55.5 Å². The van der Waals surface area contributed by atoms with Crippen LogP contribution in [0, 0.1) is 11.3 Å². The van der Waals surface area contributed by atoms with Crippen LogP contribution in [0.2, 0.25) is 0 Å². The van der Waals surface area contributed by atoms with Crippen molar-refractivity contribution < 1.29 is 180 Å². The Bertz CT molecular complexity index is 4020. The largest absolute Gasteiger partial charge is 0.463 e. The van der Waals surface area contributed by atoms with Gasteiger partial charge in [-0.3, -0.25) is 76.8 Å². The van der Waals surface area contributed by atoms with E-state index in [0.717, 1.165) is 73.4 Å². The molecule has 3 aliphatic heterocycles. The van der Waals surface area contributed by atoms with Gasteiger partial charge in [-0.05, 0) is 62.9 Å². The van der Waals surface area contributed by atoms with Gasteiger partial charge in [0.1, 0.15) is 62.0 Å². The summed E-state index contributed by atoms with van der Waals surface area (Å²) in [5.74, 6) is -9.82. The molecule has 3 fully saturated rings. The van der Waals surface area contributed by atoms with Crippen LogP contribution in [0.5, 0.6) is 5.75 Å². The molecule has 2 aromatic rings. The van der Waals surface area contributed by atoms with E-state index in [1.807, 2.05) is 76.2 Å². The molecule has 3 heterocycles. The summed E-state index contributed by atoms with van der Waals surface area (Å²) in [6.45, 7) is 18.6. The molecule has 0 aromatic heterocycles. The zero-order valence-corrected chi connectivity index (χ0v) is 80.6. The zero-order chi connectivity index (χ0) is 100. The molecule has 0 bridgehead atoms. The Morgan fingerprint density at radius 1 is 0.382 bits per heavy atom. The number of nitrogens with one attached hydrogen (secondary N) is 6. The molecule has 6 N–H and O–H groups in total. The van der Waals surface area contributed by atoms with Crippen LogP contribution in [-0.2, 0) is 182 Å². The molecule has 6 amide bonds. The van der Waals surface area contributed by atoms with E-state index in [1.54, 1.807) is 0 Å². The van der Waals surface area contributed by atoms with E-state index in [0.29, 0.717) is 11.3 Å². The van der Waals surface area contributed by atoms with Crippen molar-refractivity contribution in [2.75, 3.05) is 158 Å². The minimum absolute atomic E-state index is 0.00479. The summed E-state index contributed by atoms with van der Waals surface area (Å²) < 4.78 is 134. The number of hydrogen-bond acceptors (Lipinski definition) is 41. The van der Waals surface area contributed by atoms with Gasteiger partial charge in [-0.25, -0.2) is 4.67 Å². The number of hydrogen-bond donors (Lipinski definition) is 6. The number of ether oxygens (including phenoxy) is 21. The molecule has 47 nitrogen and oxygen atoms in total. The predicted octanol–water partition coefficient (Wildman–Crippen LogP) is 0.688. The third-order valence-corrected chi connectivity index (χ3v) is 21.5. The number of rotatable bonds is 62. The first-order chi connectivity index (χ1) is 64.7. The van der Waals surface area contributed by atoms with Gasteiger partial charge in [-0.15, -0.1) is 0 Å². The summed E-state index contributed by atoms with van der Waals surface area (Å²) in [5.41, 5.74) is 2.20. The van der Waals surface area contributed by atoms with E-state index < -0.39 is 229 Å². The molecule has 0 radical (unpaired) electrons. The Morgan fingerprint density at radius 2 is 0.684 bits per heavy atom. The molecule has 48 heteroatoms. The lowest BCUT2D eigenvalue weighted by molar-refractivity contribution is -0.279. The predicted molar refractivity (Wildman–Crippen MR) is 471 cm³/mol. The lowest BCUT2D eigenvalue weighted by Crippen LogP contribution is -2.66. The quantitative estimate of drug-likeness (QED) is 0.0230. The molecule has 17 atom stereocenters. The molecule has 136 heavy (non-hydrogen) atoms. The van der Waals surface area contributed by atoms with Crippen molar-refractivity contribution in [1.82, 2.24) is 41.5 Å². The summed E-state index contributed by atoms with van der Waals surface area (Å²) in [5, 5.41) is 25.6. The first kappa shape index (κ1) is 116. The second-order valence-electron chi connectivity index (χ2n) is 31.4. The molecule has 762 valence electrons. The van der Waals surface area contributed by atoms with Crippen LogP contribution >= 0.6 is 8.53 Å². The van der Waals surface area contributed by atoms with E-state index in [2.05, 4.69) is 42.6 Å². The lowest BCUT2D eigenvalue weighted by Gasteiger charge is -2.44. The van der Waals surface area contributed by atoms with E-state index in [-0.39, 0.29) is 150 Å². The summed E-state index contributed by atoms with van der Waals surface area (Å²) in [6, 6.07) is 12.0. The van der Waals surface area contributed by atoms with Gasteiger partial charge in [-0.2, -0.15) is 5.26 Å². The van der Waals surface area contributed by atoms with Crippen LogP contribution in [0.1, 0.15) is 123 Å². The average molecular weight is 1960 g/mol. The summed E-state index contributed by atoms with van der Waals surface area (Å²) in [6.07, 6.45) is -15.6. The number of carbonyl (C=O) groups excluding carboxylic acids is 15. The summed E-state index contributed by atoms with van der Waals surface area (Å²) in [4.78, 5) is 192. The second kappa shape index (κ2) is 63.2. The Labute approximate surface area is 790 Å². The molecule has 3 aliphatic rings. The number of carbonyl (C=O) groups is 15. The maximum Gasteiger partial charge on any atom is 0.321 e. The highest BCUT2D eigenvalue weighted by molar-refractivity contribution is 7.45. The molecule has 3 saturated heterocycles. The van der Waals surface area contributed by atoms with Gasteiger partial charge in [0.05, 0.1) is 137 Å². The normalized spacial score (nSPS) is 21.7. The van der Waals surface area contributed by atoms with Crippen molar-refractivity contribution in [2.24, 2.45) is 0 Å². The third kappa shape index (κ3) is 44.4. The summed E-state index contributed by atoms with van der Waals surface area (Å²) in [7, 11) is -1.60. The van der Waals surface area contributed by atoms with Crippen LogP contribution in [0.4, 0.5) is 0 Å². The molecule has 0 saturated carbocycles. The fourth-order valence-electron chi connectivity index (χ4n) is 14.1. The lowest BCUT2D eigenvalue weighted by atomic mass is 9.96. The fraction of sp³-hybridized carbons (Fsp3) is 0.682. The Hall–Kier alpha value is -10.4. The van der Waals surface area contributed by atoms with Crippen molar-refractivity contribution in [1.29, 1.82) is 5.26 Å². The molecular weight excluding hydrogens is 1820 g/mol. The highest BCUT2D eigenvalue weighted by Crippen LogP contribution is 2.47. The Balaban J connectivity index is 1.32. The van der Waals surface area contributed by atoms with E-state index in [4.69, 9.17) is 109 Å². The highest BCUT2D eigenvalue weighted by Gasteiger charge is 2.55. The number of nitriles is 1. The van der Waals surface area contributed by atoms with Crippen molar-refractivity contribution in [3.05, 3.63) is 54.1 Å². The highest BCUT2D eigenvalue weighted by atomic mass is 31.2. The molecule has 0 aliphatic carbocycles. The van der Waals surface area contributed by atoms with Crippen molar-refractivity contribution >= 4 is 97.7 Å². The van der Waals surface area contributed by atoms with Crippen molar-refractivity contribution in [2.45, 2.75) is 234 Å². The first-order valence-corrected chi connectivity index (χ1v) is 45.4. The minimum Gasteiger partial charge on any atom is -0.463 e. The Morgan fingerprint density at radius 3 is 0.985 bits per heavy atom. The maximum absolute atomic E-state index is 14.9. The maximum atomic E-state index is 14.9. The van der Waals surface area contributed by atoms with Crippen molar-refractivity contribution in [3.63, 3.8) is 0 Å². The van der Waals surface area contributed by atoms with Crippen LogP contribution in [-0.4, -0.2) is 367 Å². The molecule has 2 aromatic carbocycles. The smallest absolute Gasteiger partial charge is 0.321 e. The van der Waals surface area contributed by atoms with Crippen LogP contribution in [0.25, 0.3) is 11.1 Å². The van der Waals surface area contributed by atoms with Crippen molar-refractivity contribution in [3.8, 4) is 22.9 Å². The number of benzene rings is 2. The molecule has 0 spiro atoms. The van der Waals surface area contributed by atoms with Gasteiger partial charge in [0, 0.05) is 115 Å². The van der Waals surface area contributed by atoms with Crippen LogP contribution in [0.15, 0.2) is 48.5 Å². The topological polar surface area (TPSA) is 571 Å². The van der Waals surface area contributed by atoms with Gasteiger partial charge in [-0.1, -0.05) is 36.4 Å². The third-order valence-electron chi connectivity index (χ3n) is 19.4. The average Bonchev–Trinajstić information content (AvgIpc) is 0.791. The zero-order valence-electron chi connectivity index (χ0n) is 79.7. The van der Waals surface area contributed by atoms with Crippen LogP contribution in [0.3, 0.4) is 0 Å².